The van der Waals surface area contributed by atoms with E-state index < -0.39 is 0 Å². The molecule has 1 amide bonds. The van der Waals surface area contributed by atoms with Crippen molar-refractivity contribution in [2.45, 2.75) is 57.6 Å². The molecule has 2 atom stereocenters. The van der Waals surface area contributed by atoms with Gasteiger partial charge >= 0.3 is 0 Å². The van der Waals surface area contributed by atoms with E-state index in [9.17, 15) is 4.79 Å². The average molecular weight is 254 g/mol. The third-order valence-electron chi connectivity index (χ3n) is 4.43. The van der Waals surface area contributed by atoms with Crippen molar-refractivity contribution in [2.24, 2.45) is 17.6 Å². The van der Waals surface area contributed by atoms with Gasteiger partial charge in [-0.15, -0.1) is 0 Å². The SMILES string of the molecule is CC1CCC(C(NCC2CCCO2)C(N)=O)CC1. The first-order valence-electron chi connectivity index (χ1n) is 7.31. The Bertz CT molecular complexity index is 269. The molecule has 1 heterocycles. The molecule has 2 aliphatic rings. The lowest BCUT2D eigenvalue weighted by molar-refractivity contribution is -0.121. The fourth-order valence-corrected chi connectivity index (χ4v) is 3.18. The van der Waals surface area contributed by atoms with E-state index in [4.69, 9.17) is 10.5 Å². The van der Waals surface area contributed by atoms with Crippen LogP contribution in [0, 0.1) is 11.8 Å². The van der Waals surface area contributed by atoms with Crippen molar-refractivity contribution >= 4 is 5.91 Å². The van der Waals surface area contributed by atoms with E-state index >= 15 is 0 Å². The fourth-order valence-electron chi connectivity index (χ4n) is 3.18. The minimum atomic E-state index is -0.201. The van der Waals surface area contributed by atoms with Gasteiger partial charge in [-0.25, -0.2) is 0 Å². The lowest BCUT2D eigenvalue weighted by atomic mass is 9.79. The second kappa shape index (κ2) is 6.53. The molecule has 18 heavy (non-hydrogen) atoms. The zero-order chi connectivity index (χ0) is 13.0. The van der Waals surface area contributed by atoms with E-state index in [1.807, 2.05) is 0 Å². The summed E-state index contributed by atoms with van der Waals surface area (Å²) in [6.45, 7) is 3.91. The van der Waals surface area contributed by atoms with Gasteiger partial charge in [0.15, 0.2) is 0 Å². The summed E-state index contributed by atoms with van der Waals surface area (Å²) in [5, 5.41) is 3.35. The minimum Gasteiger partial charge on any atom is -0.377 e. The van der Waals surface area contributed by atoms with Gasteiger partial charge in [-0.05, 0) is 37.5 Å². The molecule has 0 aromatic heterocycles. The van der Waals surface area contributed by atoms with Gasteiger partial charge in [-0.2, -0.15) is 0 Å². The molecule has 4 nitrogen and oxygen atoms in total. The maximum absolute atomic E-state index is 11.6. The van der Waals surface area contributed by atoms with Crippen LogP contribution >= 0.6 is 0 Å². The highest BCUT2D eigenvalue weighted by molar-refractivity contribution is 5.80. The molecule has 0 spiro atoms. The molecule has 0 radical (unpaired) electrons. The first kappa shape index (κ1) is 13.8. The van der Waals surface area contributed by atoms with Crippen molar-refractivity contribution in [1.29, 1.82) is 0 Å². The molecule has 2 fully saturated rings. The van der Waals surface area contributed by atoms with Gasteiger partial charge in [0.05, 0.1) is 12.1 Å². The molecule has 1 saturated heterocycles. The van der Waals surface area contributed by atoms with Crippen molar-refractivity contribution in [2.75, 3.05) is 13.2 Å². The Morgan fingerprint density at radius 2 is 2.06 bits per heavy atom. The molecule has 1 saturated carbocycles. The van der Waals surface area contributed by atoms with Crippen LogP contribution in [0.2, 0.25) is 0 Å². The summed E-state index contributed by atoms with van der Waals surface area (Å²) in [4.78, 5) is 11.6. The molecule has 2 unspecified atom stereocenters. The van der Waals surface area contributed by atoms with E-state index in [1.165, 1.54) is 12.8 Å². The van der Waals surface area contributed by atoms with Crippen LogP contribution in [-0.4, -0.2) is 31.2 Å². The Balaban J connectivity index is 1.81. The Morgan fingerprint density at radius 1 is 1.33 bits per heavy atom. The van der Waals surface area contributed by atoms with E-state index in [1.54, 1.807) is 0 Å². The summed E-state index contributed by atoms with van der Waals surface area (Å²) >= 11 is 0. The molecule has 2 rings (SSSR count). The highest BCUT2D eigenvalue weighted by atomic mass is 16.5. The number of rotatable bonds is 5. The Hall–Kier alpha value is -0.610. The molecule has 1 aliphatic carbocycles. The van der Waals surface area contributed by atoms with Gasteiger partial charge in [0.2, 0.25) is 5.91 Å². The zero-order valence-corrected chi connectivity index (χ0v) is 11.4. The lowest BCUT2D eigenvalue weighted by Gasteiger charge is -2.32. The standard InChI is InChI=1S/C14H26N2O2/c1-10-4-6-11(7-5-10)13(14(15)17)16-9-12-3-2-8-18-12/h10-13,16H,2-9H2,1H3,(H2,15,17). The molecule has 104 valence electrons. The van der Waals surface area contributed by atoms with Crippen molar-refractivity contribution in [3.63, 3.8) is 0 Å². The van der Waals surface area contributed by atoms with Gasteiger partial charge in [0.25, 0.3) is 0 Å². The number of hydrogen-bond donors (Lipinski definition) is 2. The predicted octanol–water partition coefficient (Wildman–Crippen LogP) is 1.44. The Kier molecular flexibility index (Phi) is 5.01. The molecule has 4 heteroatoms. The maximum Gasteiger partial charge on any atom is 0.234 e. The molecule has 1 aliphatic heterocycles. The number of carbonyl (C=O) groups is 1. The molecule has 0 bridgehead atoms. The highest BCUT2D eigenvalue weighted by Gasteiger charge is 2.30. The van der Waals surface area contributed by atoms with Crippen LogP contribution in [-0.2, 0) is 9.53 Å². The second-order valence-corrected chi connectivity index (χ2v) is 5.94. The number of nitrogens with one attached hydrogen (secondary N) is 1. The number of hydrogen-bond acceptors (Lipinski definition) is 3. The van der Waals surface area contributed by atoms with Crippen LogP contribution < -0.4 is 11.1 Å². The molecule has 0 aromatic rings. The molecular weight excluding hydrogens is 228 g/mol. The van der Waals surface area contributed by atoms with E-state index in [2.05, 4.69) is 12.2 Å². The predicted molar refractivity (Wildman–Crippen MR) is 71.1 cm³/mol. The van der Waals surface area contributed by atoms with E-state index in [-0.39, 0.29) is 18.1 Å². The van der Waals surface area contributed by atoms with Crippen LogP contribution in [0.1, 0.15) is 45.4 Å². The monoisotopic (exact) mass is 254 g/mol. The van der Waals surface area contributed by atoms with Crippen LogP contribution in [0.15, 0.2) is 0 Å². The largest absolute Gasteiger partial charge is 0.377 e. The minimum absolute atomic E-state index is 0.165. The third-order valence-corrected chi connectivity index (χ3v) is 4.43. The first-order chi connectivity index (χ1) is 8.66. The number of carbonyl (C=O) groups excluding carboxylic acids is 1. The number of nitrogens with two attached hydrogens (primary N) is 1. The van der Waals surface area contributed by atoms with Crippen molar-refractivity contribution in [3.8, 4) is 0 Å². The summed E-state index contributed by atoms with van der Waals surface area (Å²) in [5.74, 6) is 1.01. The quantitative estimate of drug-likeness (QED) is 0.780. The molecule has 3 N–H and O–H groups in total. The zero-order valence-electron chi connectivity index (χ0n) is 11.4. The van der Waals surface area contributed by atoms with Gasteiger partial charge in [0, 0.05) is 13.2 Å². The summed E-state index contributed by atoms with van der Waals surface area (Å²) in [5.41, 5.74) is 5.54. The summed E-state index contributed by atoms with van der Waals surface area (Å²) < 4.78 is 5.57. The normalized spacial score (nSPS) is 34.4. The van der Waals surface area contributed by atoms with Gasteiger partial charge < -0.3 is 15.8 Å². The third kappa shape index (κ3) is 3.69. The highest BCUT2D eigenvalue weighted by Crippen LogP contribution is 2.30. The smallest absolute Gasteiger partial charge is 0.234 e. The van der Waals surface area contributed by atoms with Crippen molar-refractivity contribution in [3.05, 3.63) is 0 Å². The van der Waals surface area contributed by atoms with Crippen LogP contribution in [0.5, 0.6) is 0 Å². The summed E-state index contributed by atoms with van der Waals surface area (Å²) in [6, 6.07) is -0.165. The van der Waals surface area contributed by atoms with E-state index in [0.717, 1.165) is 44.8 Å². The number of ether oxygens (including phenoxy) is 1. The van der Waals surface area contributed by atoms with Crippen LogP contribution in [0.3, 0.4) is 0 Å². The first-order valence-corrected chi connectivity index (χ1v) is 7.31. The maximum atomic E-state index is 11.6. The Morgan fingerprint density at radius 3 is 2.61 bits per heavy atom. The van der Waals surface area contributed by atoms with Crippen molar-refractivity contribution < 1.29 is 9.53 Å². The van der Waals surface area contributed by atoms with Crippen molar-refractivity contribution in [1.82, 2.24) is 5.32 Å². The van der Waals surface area contributed by atoms with Gasteiger partial charge in [-0.3, -0.25) is 4.79 Å². The summed E-state index contributed by atoms with van der Waals surface area (Å²) in [7, 11) is 0. The summed E-state index contributed by atoms with van der Waals surface area (Å²) in [6.07, 6.45) is 7.18. The lowest BCUT2D eigenvalue weighted by Crippen LogP contribution is -2.49. The second-order valence-electron chi connectivity index (χ2n) is 5.94. The molecular formula is C14H26N2O2. The number of amides is 1. The van der Waals surface area contributed by atoms with Gasteiger partial charge in [-0.1, -0.05) is 19.8 Å². The van der Waals surface area contributed by atoms with E-state index in [0.29, 0.717) is 5.92 Å². The Labute approximate surface area is 110 Å². The fraction of sp³-hybridized carbons (Fsp3) is 0.929. The number of primary amides is 1. The average Bonchev–Trinajstić information content (AvgIpc) is 2.84. The topological polar surface area (TPSA) is 64.3 Å². The molecule has 0 aromatic carbocycles. The van der Waals surface area contributed by atoms with Crippen LogP contribution in [0.25, 0.3) is 0 Å². The van der Waals surface area contributed by atoms with Gasteiger partial charge in [0.1, 0.15) is 0 Å². The van der Waals surface area contributed by atoms with Crippen LogP contribution in [0.4, 0.5) is 0 Å².